The molecule has 0 unspecified atom stereocenters. The van der Waals surface area contributed by atoms with Crippen LogP contribution in [0.25, 0.3) is 11.5 Å². The molecular formula is C17H20N2O2. The van der Waals surface area contributed by atoms with Crippen LogP contribution in [0.15, 0.2) is 28.7 Å². The SMILES string of the molecule is Cc1ccc(-c2nnc(C34CCC(CO)(CC3)C4)o2)cc1. The van der Waals surface area contributed by atoms with Crippen molar-refractivity contribution >= 4 is 0 Å². The van der Waals surface area contributed by atoms with Gasteiger partial charge >= 0.3 is 0 Å². The highest BCUT2D eigenvalue weighted by Gasteiger charge is 2.57. The van der Waals surface area contributed by atoms with Gasteiger partial charge in [-0.15, -0.1) is 10.2 Å². The van der Waals surface area contributed by atoms with Gasteiger partial charge in [0.05, 0.1) is 0 Å². The lowest BCUT2D eigenvalue weighted by Crippen LogP contribution is -2.20. The van der Waals surface area contributed by atoms with Crippen LogP contribution in [0.5, 0.6) is 0 Å². The predicted octanol–water partition coefficient (Wildman–Crippen LogP) is 3.24. The van der Waals surface area contributed by atoms with Crippen molar-refractivity contribution in [1.29, 1.82) is 0 Å². The van der Waals surface area contributed by atoms with E-state index in [0.29, 0.717) is 5.89 Å². The Morgan fingerprint density at radius 3 is 2.43 bits per heavy atom. The summed E-state index contributed by atoms with van der Waals surface area (Å²) >= 11 is 0. The smallest absolute Gasteiger partial charge is 0.247 e. The normalized spacial score (nSPS) is 31.0. The Morgan fingerprint density at radius 1 is 1.10 bits per heavy atom. The number of fused-ring (bicyclic) bond motifs is 2. The second kappa shape index (κ2) is 4.41. The molecule has 2 saturated carbocycles. The molecule has 2 fully saturated rings. The van der Waals surface area contributed by atoms with E-state index in [9.17, 15) is 5.11 Å². The average molecular weight is 284 g/mol. The van der Waals surface area contributed by atoms with Crippen molar-refractivity contribution in [3.8, 4) is 11.5 Å². The molecular weight excluding hydrogens is 264 g/mol. The maximum absolute atomic E-state index is 9.65. The van der Waals surface area contributed by atoms with E-state index in [2.05, 4.69) is 29.3 Å². The molecule has 2 aliphatic rings. The fourth-order valence-electron chi connectivity index (χ4n) is 4.08. The van der Waals surface area contributed by atoms with Gasteiger partial charge in [-0.05, 0) is 56.6 Å². The van der Waals surface area contributed by atoms with Crippen LogP contribution in [0.3, 0.4) is 0 Å². The van der Waals surface area contributed by atoms with Gasteiger partial charge < -0.3 is 9.52 Å². The Balaban J connectivity index is 1.65. The van der Waals surface area contributed by atoms with Crippen LogP contribution in [-0.4, -0.2) is 21.9 Å². The van der Waals surface area contributed by atoms with Crippen molar-refractivity contribution in [3.63, 3.8) is 0 Å². The molecule has 4 heteroatoms. The van der Waals surface area contributed by atoms with Crippen LogP contribution in [0.2, 0.25) is 0 Å². The van der Waals surface area contributed by atoms with Crippen molar-refractivity contribution in [3.05, 3.63) is 35.7 Å². The van der Waals surface area contributed by atoms with E-state index in [4.69, 9.17) is 4.42 Å². The van der Waals surface area contributed by atoms with Crippen molar-refractivity contribution in [1.82, 2.24) is 10.2 Å². The van der Waals surface area contributed by atoms with E-state index in [-0.39, 0.29) is 17.4 Å². The number of nitrogens with zero attached hydrogens (tertiary/aromatic N) is 2. The fourth-order valence-corrected chi connectivity index (χ4v) is 4.08. The zero-order valence-electron chi connectivity index (χ0n) is 12.3. The monoisotopic (exact) mass is 284 g/mol. The third-order valence-electron chi connectivity index (χ3n) is 5.49. The van der Waals surface area contributed by atoms with Crippen molar-refractivity contribution in [2.45, 2.75) is 44.4 Å². The van der Waals surface area contributed by atoms with Crippen LogP contribution in [0.1, 0.15) is 43.6 Å². The lowest BCUT2D eigenvalue weighted by Gasteiger charge is -2.24. The minimum absolute atomic E-state index is 0.0126. The Morgan fingerprint density at radius 2 is 1.81 bits per heavy atom. The number of aryl methyl sites for hydroxylation is 1. The number of aliphatic hydroxyl groups excluding tert-OH is 1. The van der Waals surface area contributed by atoms with Gasteiger partial charge in [0.2, 0.25) is 11.8 Å². The van der Waals surface area contributed by atoms with Gasteiger partial charge in [0.25, 0.3) is 0 Å². The molecule has 0 amide bonds. The van der Waals surface area contributed by atoms with Gasteiger partial charge in [0.15, 0.2) is 0 Å². The molecule has 2 bridgehead atoms. The van der Waals surface area contributed by atoms with Crippen LogP contribution < -0.4 is 0 Å². The molecule has 4 nitrogen and oxygen atoms in total. The quantitative estimate of drug-likeness (QED) is 0.940. The minimum atomic E-state index is 0.0126. The van der Waals surface area contributed by atoms with E-state index in [1.54, 1.807) is 0 Å². The van der Waals surface area contributed by atoms with Gasteiger partial charge in [-0.3, -0.25) is 0 Å². The summed E-state index contributed by atoms with van der Waals surface area (Å²) in [5.41, 5.74) is 2.31. The summed E-state index contributed by atoms with van der Waals surface area (Å²) in [6, 6.07) is 8.15. The molecule has 0 saturated heterocycles. The number of benzene rings is 1. The molecule has 0 spiro atoms. The summed E-state index contributed by atoms with van der Waals surface area (Å²) in [5.74, 6) is 1.37. The summed E-state index contributed by atoms with van der Waals surface area (Å²) in [7, 11) is 0. The Hall–Kier alpha value is -1.68. The highest BCUT2D eigenvalue weighted by Crippen LogP contribution is 2.61. The summed E-state index contributed by atoms with van der Waals surface area (Å²) in [6.07, 6.45) is 5.26. The van der Waals surface area contributed by atoms with Crippen LogP contribution in [0, 0.1) is 12.3 Å². The van der Waals surface area contributed by atoms with Gasteiger partial charge in [-0.25, -0.2) is 0 Å². The summed E-state index contributed by atoms with van der Waals surface area (Å²) in [4.78, 5) is 0. The maximum atomic E-state index is 9.65. The number of rotatable bonds is 3. The molecule has 110 valence electrons. The average Bonchev–Trinajstić information content (AvgIpc) is 3.22. The topological polar surface area (TPSA) is 59.2 Å². The molecule has 0 radical (unpaired) electrons. The third-order valence-corrected chi connectivity index (χ3v) is 5.49. The fraction of sp³-hybridized carbons (Fsp3) is 0.529. The number of hydrogen-bond acceptors (Lipinski definition) is 4. The molecule has 0 atom stereocenters. The zero-order chi connectivity index (χ0) is 14.5. The predicted molar refractivity (Wildman–Crippen MR) is 78.8 cm³/mol. The molecule has 1 N–H and O–H groups in total. The van der Waals surface area contributed by atoms with Crippen LogP contribution in [0.4, 0.5) is 0 Å². The highest BCUT2D eigenvalue weighted by molar-refractivity contribution is 5.53. The number of hydrogen-bond donors (Lipinski definition) is 1. The van der Waals surface area contributed by atoms with E-state index < -0.39 is 0 Å². The highest BCUT2D eigenvalue weighted by atomic mass is 16.4. The summed E-state index contributed by atoms with van der Waals surface area (Å²) in [5, 5.41) is 18.2. The van der Waals surface area contributed by atoms with E-state index in [1.165, 1.54) is 5.56 Å². The Labute approximate surface area is 124 Å². The van der Waals surface area contributed by atoms with Gasteiger partial charge in [0.1, 0.15) is 0 Å². The third kappa shape index (κ3) is 1.93. The Bertz CT molecular complexity index is 652. The first-order valence-electron chi connectivity index (χ1n) is 7.67. The summed E-state index contributed by atoms with van der Waals surface area (Å²) in [6.45, 7) is 2.35. The standard InChI is InChI=1S/C17H20N2O2/c1-12-2-4-13(5-3-12)14-18-19-15(21-14)17-8-6-16(10-17,11-20)7-9-17/h2-5,20H,6-11H2,1H3. The number of aromatic nitrogens is 2. The van der Waals surface area contributed by atoms with E-state index in [1.807, 2.05) is 12.1 Å². The molecule has 0 aliphatic heterocycles. The first kappa shape index (κ1) is 13.0. The molecule has 4 rings (SSSR count). The van der Waals surface area contributed by atoms with Crippen molar-refractivity contribution < 1.29 is 9.52 Å². The van der Waals surface area contributed by atoms with Crippen LogP contribution in [-0.2, 0) is 5.41 Å². The molecule has 21 heavy (non-hydrogen) atoms. The maximum Gasteiger partial charge on any atom is 0.247 e. The second-order valence-corrected chi connectivity index (χ2v) is 6.89. The largest absolute Gasteiger partial charge is 0.420 e. The molecule has 2 aliphatic carbocycles. The minimum Gasteiger partial charge on any atom is -0.420 e. The van der Waals surface area contributed by atoms with E-state index in [0.717, 1.165) is 43.6 Å². The van der Waals surface area contributed by atoms with Crippen molar-refractivity contribution in [2.24, 2.45) is 5.41 Å². The molecule has 1 aromatic heterocycles. The number of aliphatic hydroxyl groups is 1. The first-order chi connectivity index (χ1) is 10.1. The van der Waals surface area contributed by atoms with Gasteiger partial charge in [-0.1, -0.05) is 17.7 Å². The van der Waals surface area contributed by atoms with Crippen LogP contribution >= 0.6 is 0 Å². The van der Waals surface area contributed by atoms with E-state index >= 15 is 0 Å². The molecule has 1 aromatic carbocycles. The lowest BCUT2D eigenvalue weighted by atomic mass is 9.82. The Kier molecular flexibility index (Phi) is 2.73. The molecule has 2 aromatic rings. The summed E-state index contributed by atoms with van der Waals surface area (Å²) < 4.78 is 6.00. The zero-order valence-corrected chi connectivity index (χ0v) is 12.3. The van der Waals surface area contributed by atoms with Gasteiger partial charge in [-0.2, -0.15) is 0 Å². The van der Waals surface area contributed by atoms with Gasteiger partial charge in [0, 0.05) is 17.6 Å². The second-order valence-electron chi connectivity index (χ2n) is 6.89. The van der Waals surface area contributed by atoms with Crippen molar-refractivity contribution in [2.75, 3.05) is 6.61 Å². The lowest BCUT2D eigenvalue weighted by molar-refractivity contribution is 0.133. The first-order valence-corrected chi connectivity index (χ1v) is 7.67. The molecule has 1 heterocycles.